The molecule has 0 aliphatic rings. The molecule has 0 saturated carbocycles. The number of nitrogens with one attached hydrogen (secondary N) is 1. The molecule has 0 atom stereocenters. The molecule has 136 valence electrons. The van der Waals surface area contributed by atoms with Gasteiger partial charge in [0.15, 0.2) is 22.3 Å². The van der Waals surface area contributed by atoms with Crippen LogP contribution in [0.25, 0.3) is 0 Å². The summed E-state index contributed by atoms with van der Waals surface area (Å²) >= 11 is 0. The standard InChI is InChI=1S/C14H9F6NO3S/c1-21-25(22,23)14-12(20)10(18)9(17)11(19)13(14)24-5-6-2-3-7(15)4-8(6)16/h2-4,21H,5H2,1H3. The zero-order valence-corrected chi connectivity index (χ0v) is 13.2. The van der Waals surface area contributed by atoms with Gasteiger partial charge in [0.25, 0.3) is 0 Å². The zero-order chi connectivity index (χ0) is 18.9. The highest BCUT2D eigenvalue weighted by atomic mass is 32.2. The predicted octanol–water partition coefficient (Wildman–Crippen LogP) is 3.01. The second-order valence-electron chi connectivity index (χ2n) is 4.65. The Morgan fingerprint density at radius 1 is 0.960 bits per heavy atom. The zero-order valence-electron chi connectivity index (χ0n) is 12.3. The summed E-state index contributed by atoms with van der Waals surface area (Å²) < 4.78 is 111. The average Bonchev–Trinajstić information content (AvgIpc) is 2.56. The molecule has 0 unspecified atom stereocenters. The third-order valence-electron chi connectivity index (χ3n) is 3.11. The van der Waals surface area contributed by atoms with Gasteiger partial charge in [-0.1, -0.05) is 0 Å². The lowest BCUT2D eigenvalue weighted by molar-refractivity contribution is 0.259. The van der Waals surface area contributed by atoms with Gasteiger partial charge in [0.1, 0.15) is 18.2 Å². The highest BCUT2D eigenvalue weighted by Gasteiger charge is 2.33. The smallest absolute Gasteiger partial charge is 0.247 e. The Morgan fingerprint density at radius 2 is 1.56 bits per heavy atom. The van der Waals surface area contributed by atoms with Gasteiger partial charge in [-0.25, -0.2) is 35.1 Å². The summed E-state index contributed by atoms with van der Waals surface area (Å²) in [6, 6.07) is 2.19. The monoisotopic (exact) mass is 385 g/mol. The first kappa shape index (κ1) is 19.1. The summed E-state index contributed by atoms with van der Waals surface area (Å²) in [5, 5.41) is 0. The van der Waals surface area contributed by atoms with E-state index in [4.69, 9.17) is 0 Å². The van der Waals surface area contributed by atoms with E-state index in [0.29, 0.717) is 6.07 Å². The molecule has 0 aromatic heterocycles. The van der Waals surface area contributed by atoms with E-state index in [1.807, 2.05) is 0 Å². The minimum atomic E-state index is -4.79. The van der Waals surface area contributed by atoms with Crippen LogP contribution in [-0.4, -0.2) is 15.5 Å². The van der Waals surface area contributed by atoms with Crippen molar-refractivity contribution in [1.29, 1.82) is 0 Å². The summed E-state index contributed by atoms with van der Waals surface area (Å²) in [4.78, 5) is -1.62. The molecule has 1 N–H and O–H groups in total. The number of sulfonamides is 1. The van der Waals surface area contributed by atoms with Gasteiger partial charge in [0.2, 0.25) is 21.7 Å². The molecule has 2 aromatic rings. The Hall–Kier alpha value is -2.27. The van der Waals surface area contributed by atoms with E-state index < -0.39 is 62.2 Å². The molecule has 4 nitrogen and oxygen atoms in total. The molecule has 0 saturated heterocycles. The topological polar surface area (TPSA) is 55.4 Å². The van der Waals surface area contributed by atoms with E-state index in [9.17, 15) is 34.8 Å². The van der Waals surface area contributed by atoms with Crippen molar-refractivity contribution in [1.82, 2.24) is 4.72 Å². The van der Waals surface area contributed by atoms with Gasteiger partial charge >= 0.3 is 0 Å². The molecule has 0 amide bonds. The quantitative estimate of drug-likeness (QED) is 0.489. The molecule has 0 spiro atoms. The Bertz CT molecular complexity index is 933. The molecular formula is C14H9F6NO3S. The summed E-state index contributed by atoms with van der Waals surface area (Å²) in [5.41, 5.74) is -0.362. The van der Waals surface area contributed by atoms with E-state index >= 15 is 0 Å². The lowest BCUT2D eigenvalue weighted by Crippen LogP contribution is -2.23. The van der Waals surface area contributed by atoms with Crippen molar-refractivity contribution in [3.63, 3.8) is 0 Å². The molecule has 0 aliphatic carbocycles. The Balaban J connectivity index is 2.56. The van der Waals surface area contributed by atoms with Crippen molar-refractivity contribution < 1.29 is 39.5 Å². The Morgan fingerprint density at radius 3 is 2.12 bits per heavy atom. The van der Waals surface area contributed by atoms with Crippen LogP contribution in [0.2, 0.25) is 0 Å². The summed E-state index contributed by atoms with van der Waals surface area (Å²) in [6.45, 7) is -0.903. The fourth-order valence-corrected chi connectivity index (χ4v) is 2.77. The van der Waals surface area contributed by atoms with Gasteiger partial charge in [0, 0.05) is 11.6 Å². The van der Waals surface area contributed by atoms with E-state index in [2.05, 4.69) is 4.74 Å². The van der Waals surface area contributed by atoms with Crippen LogP contribution in [0.3, 0.4) is 0 Å². The van der Waals surface area contributed by atoms with Gasteiger partial charge in [-0.15, -0.1) is 0 Å². The normalized spacial score (nSPS) is 11.6. The van der Waals surface area contributed by atoms with Crippen LogP contribution in [0.5, 0.6) is 5.75 Å². The van der Waals surface area contributed by atoms with E-state index in [1.165, 1.54) is 0 Å². The van der Waals surface area contributed by atoms with Crippen molar-refractivity contribution in [3.05, 3.63) is 58.7 Å². The summed E-state index contributed by atoms with van der Waals surface area (Å²) in [5.74, 6) is -12.5. The SMILES string of the molecule is CNS(=O)(=O)c1c(F)c(F)c(F)c(F)c1OCc1ccc(F)cc1F. The highest BCUT2D eigenvalue weighted by Crippen LogP contribution is 2.34. The Labute approximate surface area is 138 Å². The van der Waals surface area contributed by atoms with Gasteiger partial charge in [-0.2, -0.15) is 4.39 Å². The third kappa shape index (κ3) is 3.56. The average molecular weight is 385 g/mol. The van der Waals surface area contributed by atoms with Gasteiger partial charge in [-0.3, -0.25) is 0 Å². The lowest BCUT2D eigenvalue weighted by atomic mass is 10.2. The summed E-state index contributed by atoms with van der Waals surface area (Å²) in [7, 11) is -3.98. The fraction of sp³-hybridized carbons (Fsp3) is 0.143. The molecule has 2 aromatic carbocycles. The molecule has 0 heterocycles. The number of benzene rings is 2. The van der Waals surface area contributed by atoms with Crippen LogP contribution in [0, 0.1) is 34.9 Å². The maximum Gasteiger partial charge on any atom is 0.247 e. The van der Waals surface area contributed by atoms with Crippen LogP contribution >= 0.6 is 0 Å². The van der Waals surface area contributed by atoms with Crippen molar-refractivity contribution in [2.75, 3.05) is 7.05 Å². The maximum atomic E-state index is 13.9. The van der Waals surface area contributed by atoms with Crippen molar-refractivity contribution in [2.45, 2.75) is 11.5 Å². The fourth-order valence-electron chi connectivity index (χ4n) is 1.85. The number of hydrogen-bond donors (Lipinski definition) is 1. The second-order valence-corrected chi connectivity index (χ2v) is 6.47. The number of halogens is 6. The first-order valence-corrected chi connectivity index (χ1v) is 7.94. The van der Waals surface area contributed by atoms with Gasteiger partial charge in [-0.05, 0) is 19.2 Å². The first-order chi connectivity index (χ1) is 11.6. The molecule has 2 rings (SSSR count). The lowest BCUT2D eigenvalue weighted by Gasteiger charge is -2.15. The van der Waals surface area contributed by atoms with E-state index in [-0.39, 0.29) is 5.56 Å². The minimum Gasteiger partial charge on any atom is -0.484 e. The number of ether oxygens (including phenoxy) is 1. The Kier molecular flexibility index (Phi) is 5.28. The van der Waals surface area contributed by atoms with E-state index in [0.717, 1.165) is 19.2 Å². The molecule has 0 fully saturated rings. The molecule has 0 bridgehead atoms. The highest BCUT2D eigenvalue weighted by molar-refractivity contribution is 7.89. The van der Waals surface area contributed by atoms with Crippen LogP contribution in [0.1, 0.15) is 5.56 Å². The molecular weight excluding hydrogens is 376 g/mol. The minimum absolute atomic E-state index is 0.362. The molecule has 11 heteroatoms. The van der Waals surface area contributed by atoms with Crippen molar-refractivity contribution in [3.8, 4) is 5.75 Å². The number of rotatable bonds is 5. The largest absolute Gasteiger partial charge is 0.484 e. The molecule has 25 heavy (non-hydrogen) atoms. The van der Waals surface area contributed by atoms with E-state index in [1.54, 1.807) is 4.72 Å². The summed E-state index contributed by atoms with van der Waals surface area (Å²) in [6.07, 6.45) is 0. The molecule has 0 radical (unpaired) electrons. The van der Waals surface area contributed by atoms with Crippen LogP contribution in [0.4, 0.5) is 26.3 Å². The predicted molar refractivity (Wildman–Crippen MR) is 73.2 cm³/mol. The molecule has 0 aliphatic heterocycles. The first-order valence-electron chi connectivity index (χ1n) is 6.46. The van der Waals surface area contributed by atoms with Crippen LogP contribution in [0.15, 0.2) is 23.1 Å². The maximum absolute atomic E-state index is 13.9. The van der Waals surface area contributed by atoms with Crippen molar-refractivity contribution in [2.24, 2.45) is 0 Å². The van der Waals surface area contributed by atoms with Crippen LogP contribution < -0.4 is 9.46 Å². The van der Waals surface area contributed by atoms with Crippen LogP contribution in [-0.2, 0) is 16.6 Å². The van der Waals surface area contributed by atoms with Gasteiger partial charge < -0.3 is 4.74 Å². The number of hydrogen-bond acceptors (Lipinski definition) is 3. The second kappa shape index (κ2) is 6.92. The van der Waals surface area contributed by atoms with Gasteiger partial charge in [0.05, 0.1) is 0 Å². The third-order valence-corrected chi connectivity index (χ3v) is 4.55. The van der Waals surface area contributed by atoms with Crippen molar-refractivity contribution >= 4 is 10.0 Å².